The van der Waals surface area contributed by atoms with Gasteiger partial charge in [0.25, 0.3) is 11.8 Å². The van der Waals surface area contributed by atoms with Crippen LogP contribution in [0, 0.1) is 0 Å². The monoisotopic (exact) mass is 444 g/mol. The van der Waals surface area contributed by atoms with Gasteiger partial charge in [0.1, 0.15) is 5.03 Å². The molecule has 6 nitrogen and oxygen atoms in total. The van der Waals surface area contributed by atoms with Crippen LogP contribution >= 0.6 is 11.8 Å². The van der Waals surface area contributed by atoms with Gasteiger partial charge in [-0.05, 0) is 49.4 Å². The molecule has 0 bridgehead atoms. The number of anilines is 2. The number of benzene rings is 2. The fourth-order valence-electron chi connectivity index (χ4n) is 4.25. The van der Waals surface area contributed by atoms with Crippen molar-refractivity contribution in [2.24, 2.45) is 0 Å². The number of carbonyl (C=O) groups is 2. The quantitative estimate of drug-likeness (QED) is 0.607. The molecule has 162 valence electrons. The second kappa shape index (κ2) is 8.67. The molecule has 1 aromatic heterocycles. The molecule has 3 aromatic rings. The first-order valence-corrected chi connectivity index (χ1v) is 11.7. The van der Waals surface area contributed by atoms with E-state index < -0.39 is 0 Å². The average molecular weight is 445 g/mol. The summed E-state index contributed by atoms with van der Waals surface area (Å²) in [5.74, 6) is -0.0288. The van der Waals surface area contributed by atoms with Crippen molar-refractivity contribution < 1.29 is 9.59 Å². The van der Waals surface area contributed by atoms with Gasteiger partial charge in [-0.2, -0.15) is 0 Å². The molecule has 2 aromatic carbocycles. The first-order valence-electron chi connectivity index (χ1n) is 10.8. The third-order valence-electron chi connectivity index (χ3n) is 5.96. The summed E-state index contributed by atoms with van der Waals surface area (Å²) >= 11 is 1.45. The lowest BCUT2D eigenvalue weighted by atomic mass is 10.1. The Morgan fingerprint density at radius 2 is 1.78 bits per heavy atom. The van der Waals surface area contributed by atoms with Crippen LogP contribution in [0.15, 0.2) is 76.8 Å². The lowest BCUT2D eigenvalue weighted by Crippen LogP contribution is -2.48. The van der Waals surface area contributed by atoms with E-state index in [1.54, 1.807) is 17.2 Å². The molecule has 2 aliphatic heterocycles. The molecule has 0 N–H and O–H groups in total. The van der Waals surface area contributed by atoms with Crippen LogP contribution < -0.4 is 9.80 Å². The Morgan fingerprint density at radius 1 is 1.00 bits per heavy atom. The molecule has 0 unspecified atom stereocenters. The molecule has 2 aliphatic rings. The summed E-state index contributed by atoms with van der Waals surface area (Å²) in [7, 11) is 0. The van der Waals surface area contributed by atoms with Gasteiger partial charge in [0.2, 0.25) is 0 Å². The first-order chi connectivity index (χ1) is 15.7. The minimum absolute atomic E-state index is 0.0287. The van der Waals surface area contributed by atoms with E-state index in [2.05, 4.69) is 22.0 Å². The number of amides is 2. The van der Waals surface area contributed by atoms with Gasteiger partial charge in [-0.1, -0.05) is 30.0 Å². The van der Waals surface area contributed by atoms with E-state index in [1.165, 1.54) is 17.4 Å². The largest absolute Gasteiger partial charge is 0.368 e. The van der Waals surface area contributed by atoms with E-state index >= 15 is 0 Å². The Kier molecular flexibility index (Phi) is 5.57. The number of rotatable bonds is 3. The van der Waals surface area contributed by atoms with E-state index in [0.29, 0.717) is 35.8 Å². The highest BCUT2D eigenvalue weighted by molar-refractivity contribution is 7.99. The molecule has 0 saturated carbocycles. The summed E-state index contributed by atoms with van der Waals surface area (Å²) < 4.78 is 0. The predicted octanol–water partition coefficient (Wildman–Crippen LogP) is 4.18. The standard InChI is InChI=1S/C25H24N4O2S/c1-2-29-21-11-10-18(17-22(21)32-23-20(25(29)31)9-6-12-26-23)24(30)28-15-13-27(14-16-28)19-7-4-3-5-8-19/h3-12,17H,2,13-16H2,1H3. The van der Waals surface area contributed by atoms with E-state index in [-0.39, 0.29) is 11.8 Å². The summed E-state index contributed by atoms with van der Waals surface area (Å²) in [6, 6.07) is 19.5. The first kappa shape index (κ1) is 20.6. The zero-order valence-corrected chi connectivity index (χ0v) is 18.7. The van der Waals surface area contributed by atoms with Crippen LogP contribution in [0.1, 0.15) is 27.6 Å². The van der Waals surface area contributed by atoms with Crippen molar-refractivity contribution in [3.05, 3.63) is 78.0 Å². The fourth-order valence-corrected chi connectivity index (χ4v) is 5.30. The van der Waals surface area contributed by atoms with Crippen molar-refractivity contribution >= 4 is 35.0 Å². The van der Waals surface area contributed by atoms with Crippen LogP contribution in [0.4, 0.5) is 11.4 Å². The Bertz CT molecular complexity index is 1160. The summed E-state index contributed by atoms with van der Waals surface area (Å²) in [6.45, 7) is 5.49. The number of pyridine rings is 1. The molecule has 2 amide bonds. The van der Waals surface area contributed by atoms with Gasteiger partial charge in [0, 0.05) is 55.1 Å². The number of fused-ring (bicyclic) bond motifs is 2. The molecule has 0 aliphatic carbocycles. The van der Waals surface area contributed by atoms with Gasteiger partial charge in [0.05, 0.1) is 11.3 Å². The van der Waals surface area contributed by atoms with Gasteiger partial charge in [-0.25, -0.2) is 4.98 Å². The van der Waals surface area contributed by atoms with Crippen molar-refractivity contribution in [1.29, 1.82) is 0 Å². The summed E-state index contributed by atoms with van der Waals surface area (Å²) in [4.78, 5) is 37.6. The highest BCUT2D eigenvalue weighted by atomic mass is 32.2. The van der Waals surface area contributed by atoms with Gasteiger partial charge < -0.3 is 14.7 Å². The Labute approximate surface area is 191 Å². The maximum absolute atomic E-state index is 13.3. The highest BCUT2D eigenvalue weighted by Crippen LogP contribution is 2.40. The number of piperazine rings is 1. The second-order valence-corrected chi connectivity index (χ2v) is 8.84. The Morgan fingerprint density at radius 3 is 2.53 bits per heavy atom. The number of aromatic nitrogens is 1. The van der Waals surface area contributed by atoms with Crippen molar-refractivity contribution in [3.8, 4) is 0 Å². The van der Waals surface area contributed by atoms with E-state index in [4.69, 9.17) is 0 Å². The Balaban J connectivity index is 1.38. The molecule has 1 saturated heterocycles. The van der Waals surface area contributed by atoms with Crippen LogP contribution in [0.5, 0.6) is 0 Å². The molecule has 7 heteroatoms. The lowest BCUT2D eigenvalue weighted by molar-refractivity contribution is 0.0746. The smallest absolute Gasteiger partial charge is 0.261 e. The van der Waals surface area contributed by atoms with Gasteiger partial charge in [-0.15, -0.1) is 0 Å². The molecule has 0 spiro atoms. The normalized spacial score (nSPS) is 15.8. The molecule has 0 radical (unpaired) electrons. The van der Waals surface area contributed by atoms with E-state index in [1.807, 2.05) is 54.3 Å². The predicted molar refractivity (Wildman–Crippen MR) is 127 cm³/mol. The van der Waals surface area contributed by atoms with Gasteiger partial charge >= 0.3 is 0 Å². The molecular weight excluding hydrogens is 420 g/mol. The number of carbonyl (C=O) groups excluding carboxylic acids is 2. The maximum atomic E-state index is 13.3. The zero-order valence-electron chi connectivity index (χ0n) is 17.9. The minimum Gasteiger partial charge on any atom is -0.368 e. The maximum Gasteiger partial charge on any atom is 0.261 e. The topological polar surface area (TPSA) is 56.8 Å². The number of hydrogen-bond acceptors (Lipinski definition) is 5. The Hall–Kier alpha value is -3.32. The summed E-state index contributed by atoms with van der Waals surface area (Å²) in [5, 5.41) is 0.677. The van der Waals surface area contributed by atoms with Gasteiger partial charge in [-0.3, -0.25) is 9.59 Å². The van der Waals surface area contributed by atoms with Crippen LogP contribution in [0.2, 0.25) is 0 Å². The molecule has 0 atom stereocenters. The van der Waals surface area contributed by atoms with Crippen molar-refractivity contribution in [1.82, 2.24) is 9.88 Å². The van der Waals surface area contributed by atoms with E-state index in [0.717, 1.165) is 23.7 Å². The number of hydrogen-bond donors (Lipinski definition) is 0. The summed E-state index contributed by atoms with van der Waals surface area (Å²) in [5.41, 5.74) is 3.26. The molecule has 3 heterocycles. The molecular formula is C25H24N4O2S. The average Bonchev–Trinajstić information content (AvgIpc) is 2.97. The van der Waals surface area contributed by atoms with Crippen molar-refractivity contribution in [2.45, 2.75) is 16.8 Å². The summed E-state index contributed by atoms with van der Waals surface area (Å²) in [6.07, 6.45) is 1.70. The second-order valence-electron chi connectivity index (χ2n) is 7.80. The molecule has 32 heavy (non-hydrogen) atoms. The molecule has 1 fully saturated rings. The third-order valence-corrected chi connectivity index (χ3v) is 7.02. The lowest BCUT2D eigenvalue weighted by Gasteiger charge is -2.36. The van der Waals surface area contributed by atoms with Crippen molar-refractivity contribution in [2.75, 3.05) is 42.5 Å². The SMILES string of the molecule is CCN1C(=O)c2cccnc2Sc2cc(C(=O)N3CCN(c4ccccc4)CC3)ccc21. The van der Waals surface area contributed by atoms with Crippen LogP contribution in [-0.2, 0) is 0 Å². The molecule has 5 rings (SSSR count). The van der Waals surface area contributed by atoms with Crippen LogP contribution in [-0.4, -0.2) is 54.4 Å². The zero-order chi connectivity index (χ0) is 22.1. The number of para-hydroxylation sites is 1. The number of nitrogens with zero attached hydrogens (tertiary/aromatic N) is 4. The highest BCUT2D eigenvalue weighted by Gasteiger charge is 2.29. The van der Waals surface area contributed by atoms with E-state index in [9.17, 15) is 9.59 Å². The minimum atomic E-state index is -0.0574. The van der Waals surface area contributed by atoms with Crippen LogP contribution in [0.3, 0.4) is 0 Å². The van der Waals surface area contributed by atoms with Gasteiger partial charge in [0.15, 0.2) is 0 Å². The third kappa shape index (κ3) is 3.73. The van der Waals surface area contributed by atoms with Crippen molar-refractivity contribution in [3.63, 3.8) is 0 Å². The fraction of sp³-hybridized carbons (Fsp3) is 0.240. The van der Waals surface area contributed by atoms with Crippen LogP contribution in [0.25, 0.3) is 0 Å².